The zero-order valence-corrected chi connectivity index (χ0v) is 14.2. The van der Waals surface area contributed by atoms with Crippen LogP contribution in [0.1, 0.15) is 30.6 Å². The second-order valence-corrected chi connectivity index (χ2v) is 6.10. The van der Waals surface area contributed by atoms with Gasteiger partial charge >= 0.3 is 0 Å². The monoisotopic (exact) mass is 331 g/mol. The van der Waals surface area contributed by atoms with Crippen molar-refractivity contribution in [3.05, 3.63) is 70.7 Å². The molecule has 2 unspecified atom stereocenters. The molecule has 3 nitrogen and oxygen atoms in total. The van der Waals surface area contributed by atoms with Gasteiger partial charge in [-0.3, -0.25) is 4.79 Å². The van der Waals surface area contributed by atoms with E-state index in [0.29, 0.717) is 17.9 Å². The van der Waals surface area contributed by atoms with Gasteiger partial charge in [-0.2, -0.15) is 0 Å². The predicted molar refractivity (Wildman–Crippen MR) is 93.4 cm³/mol. The topological polar surface area (TPSA) is 40.5 Å². The zero-order chi connectivity index (χ0) is 16.8. The average molecular weight is 332 g/mol. The van der Waals surface area contributed by atoms with Gasteiger partial charge in [-0.05, 0) is 30.5 Å². The Hall–Kier alpha value is -1.84. The van der Waals surface area contributed by atoms with Gasteiger partial charge in [0.1, 0.15) is 0 Å². The summed E-state index contributed by atoms with van der Waals surface area (Å²) in [5.41, 5.74) is 1.78. The molecule has 1 N–H and O–H groups in total. The zero-order valence-electron chi connectivity index (χ0n) is 13.4. The SMILES string of the molecule is CC(C(O)c1ccccc1)N(C)C(=O)CCc1ccccc1Cl. The van der Waals surface area contributed by atoms with E-state index >= 15 is 0 Å². The molecular weight excluding hydrogens is 310 g/mol. The minimum absolute atomic E-state index is 0.00704. The highest BCUT2D eigenvalue weighted by molar-refractivity contribution is 6.31. The number of halogens is 1. The Balaban J connectivity index is 1.95. The third-order valence-electron chi connectivity index (χ3n) is 4.17. The first-order chi connectivity index (χ1) is 11.0. The summed E-state index contributed by atoms with van der Waals surface area (Å²) in [7, 11) is 1.73. The minimum atomic E-state index is -0.703. The number of aliphatic hydroxyl groups excluding tert-OH is 1. The summed E-state index contributed by atoms with van der Waals surface area (Å²) in [6.45, 7) is 1.85. The van der Waals surface area contributed by atoms with Gasteiger partial charge in [-0.15, -0.1) is 0 Å². The summed E-state index contributed by atoms with van der Waals surface area (Å²) in [4.78, 5) is 14.0. The highest BCUT2D eigenvalue weighted by Crippen LogP contribution is 2.21. The Labute approximate surface area is 142 Å². The summed E-state index contributed by atoms with van der Waals surface area (Å²) < 4.78 is 0. The van der Waals surface area contributed by atoms with Crippen molar-refractivity contribution >= 4 is 17.5 Å². The van der Waals surface area contributed by atoms with E-state index in [1.54, 1.807) is 11.9 Å². The Morgan fingerprint density at radius 2 is 1.74 bits per heavy atom. The molecule has 2 aromatic carbocycles. The number of aryl methyl sites for hydroxylation is 1. The highest BCUT2D eigenvalue weighted by atomic mass is 35.5. The van der Waals surface area contributed by atoms with Gasteiger partial charge in [0.2, 0.25) is 5.91 Å². The number of carbonyl (C=O) groups excluding carboxylic acids is 1. The van der Waals surface area contributed by atoms with Crippen molar-refractivity contribution in [3.63, 3.8) is 0 Å². The number of nitrogens with zero attached hydrogens (tertiary/aromatic N) is 1. The van der Waals surface area contributed by atoms with Gasteiger partial charge in [0.05, 0.1) is 12.1 Å². The van der Waals surface area contributed by atoms with E-state index in [1.807, 2.05) is 61.5 Å². The van der Waals surface area contributed by atoms with Crippen molar-refractivity contribution in [2.75, 3.05) is 7.05 Å². The quantitative estimate of drug-likeness (QED) is 0.873. The molecule has 0 fully saturated rings. The average Bonchev–Trinajstić information content (AvgIpc) is 2.59. The van der Waals surface area contributed by atoms with Gasteiger partial charge in [0.25, 0.3) is 0 Å². The van der Waals surface area contributed by atoms with Gasteiger partial charge in [0, 0.05) is 18.5 Å². The smallest absolute Gasteiger partial charge is 0.222 e. The molecular formula is C19H22ClNO2. The molecule has 2 aromatic rings. The molecule has 2 rings (SSSR count). The number of aliphatic hydroxyl groups is 1. The summed E-state index contributed by atoms with van der Waals surface area (Å²) in [6, 6.07) is 16.6. The van der Waals surface area contributed by atoms with Crippen LogP contribution in [0.2, 0.25) is 5.02 Å². The fourth-order valence-corrected chi connectivity index (χ4v) is 2.72. The maximum absolute atomic E-state index is 12.4. The van der Waals surface area contributed by atoms with Crippen LogP contribution in [-0.4, -0.2) is 29.0 Å². The van der Waals surface area contributed by atoms with Crippen molar-refractivity contribution in [2.24, 2.45) is 0 Å². The Morgan fingerprint density at radius 3 is 2.39 bits per heavy atom. The number of hydrogen-bond acceptors (Lipinski definition) is 2. The predicted octanol–water partition coefficient (Wildman–Crippen LogP) is 3.85. The van der Waals surface area contributed by atoms with E-state index in [-0.39, 0.29) is 11.9 Å². The largest absolute Gasteiger partial charge is 0.386 e. The maximum Gasteiger partial charge on any atom is 0.222 e. The lowest BCUT2D eigenvalue weighted by Gasteiger charge is -2.29. The summed E-state index contributed by atoms with van der Waals surface area (Å²) in [5.74, 6) is -0.00704. The van der Waals surface area contributed by atoms with Crippen LogP contribution in [0.3, 0.4) is 0 Å². The van der Waals surface area contributed by atoms with E-state index < -0.39 is 6.10 Å². The molecule has 2 atom stereocenters. The lowest BCUT2D eigenvalue weighted by molar-refractivity contribution is -0.133. The maximum atomic E-state index is 12.4. The number of amides is 1. The number of rotatable bonds is 6. The molecule has 0 aliphatic carbocycles. The van der Waals surface area contributed by atoms with Crippen LogP contribution in [0.25, 0.3) is 0 Å². The van der Waals surface area contributed by atoms with E-state index in [2.05, 4.69) is 0 Å². The van der Waals surface area contributed by atoms with Crippen molar-refractivity contribution in [1.82, 2.24) is 4.90 Å². The molecule has 1 amide bonds. The third kappa shape index (κ3) is 4.57. The molecule has 0 radical (unpaired) electrons. The fraction of sp³-hybridized carbons (Fsp3) is 0.316. The van der Waals surface area contributed by atoms with Crippen LogP contribution in [0.4, 0.5) is 0 Å². The first-order valence-corrected chi connectivity index (χ1v) is 8.10. The van der Waals surface area contributed by atoms with E-state index in [0.717, 1.165) is 11.1 Å². The van der Waals surface area contributed by atoms with E-state index in [9.17, 15) is 9.90 Å². The Morgan fingerprint density at radius 1 is 1.13 bits per heavy atom. The molecule has 23 heavy (non-hydrogen) atoms. The molecule has 0 aromatic heterocycles. The number of benzene rings is 2. The van der Waals surface area contributed by atoms with Gasteiger partial charge in [0.15, 0.2) is 0 Å². The second-order valence-electron chi connectivity index (χ2n) is 5.69. The van der Waals surface area contributed by atoms with Crippen LogP contribution in [-0.2, 0) is 11.2 Å². The Kier molecular flexibility index (Phi) is 6.20. The van der Waals surface area contributed by atoms with E-state index in [4.69, 9.17) is 11.6 Å². The third-order valence-corrected chi connectivity index (χ3v) is 4.54. The first-order valence-electron chi connectivity index (χ1n) is 7.72. The lowest BCUT2D eigenvalue weighted by atomic mass is 10.0. The Bertz CT molecular complexity index is 645. The molecule has 0 spiro atoms. The van der Waals surface area contributed by atoms with Crippen LogP contribution >= 0.6 is 11.6 Å². The minimum Gasteiger partial charge on any atom is -0.386 e. The van der Waals surface area contributed by atoms with Crippen molar-refractivity contribution < 1.29 is 9.90 Å². The highest BCUT2D eigenvalue weighted by Gasteiger charge is 2.23. The normalized spacial score (nSPS) is 13.4. The molecule has 0 bridgehead atoms. The van der Waals surface area contributed by atoms with Crippen LogP contribution in [0, 0.1) is 0 Å². The standard InChI is InChI=1S/C19H22ClNO2/c1-14(19(23)16-9-4-3-5-10-16)21(2)18(22)13-12-15-8-6-7-11-17(15)20/h3-11,14,19,23H,12-13H2,1-2H3. The van der Waals surface area contributed by atoms with Gasteiger partial charge in [-0.25, -0.2) is 0 Å². The molecule has 0 heterocycles. The number of likely N-dealkylation sites (N-methyl/N-ethyl adjacent to an activating group) is 1. The second kappa shape index (κ2) is 8.14. The van der Waals surface area contributed by atoms with Crippen LogP contribution in [0.5, 0.6) is 0 Å². The molecule has 0 aliphatic heterocycles. The summed E-state index contributed by atoms with van der Waals surface area (Å²) in [6.07, 6.45) is 0.258. The lowest BCUT2D eigenvalue weighted by Crippen LogP contribution is -2.39. The van der Waals surface area contributed by atoms with Crippen molar-refractivity contribution in [1.29, 1.82) is 0 Å². The van der Waals surface area contributed by atoms with E-state index in [1.165, 1.54) is 0 Å². The summed E-state index contributed by atoms with van der Waals surface area (Å²) in [5, 5.41) is 11.1. The van der Waals surface area contributed by atoms with Gasteiger partial charge < -0.3 is 10.0 Å². The molecule has 4 heteroatoms. The van der Waals surface area contributed by atoms with Crippen molar-refractivity contribution in [2.45, 2.75) is 31.9 Å². The molecule has 0 saturated carbocycles. The molecule has 0 aliphatic rings. The number of carbonyl (C=O) groups is 1. The van der Waals surface area contributed by atoms with Crippen LogP contribution < -0.4 is 0 Å². The van der Waals surface area contributed by atoms with Gasteiger partial charge in [-0.1, -0.05) is 60.1 Å². The molecule has 0 saturated heterocycles. The number of hydrogen-bond donors (Lipinski definition) is 1. The van der Waals surface area contributed by atoms with Crippen LogP contribution in [0.15, 0.2) is 54.6 Å². The molecule has 122 valence electrons. The first kappa shape index (κ1) is 17.5. The fourth-order valence-electron chi connectivity index (χ4n) is 2.49. The summed E-state index contributed by atoms with van der Waals surface area (Å²) >= 11 is 6.12. The van der Waals surface area contributed by atoms with Crippen molar-refractivity contribution in [3.8, 4) is 0 Å².